The summed E-state index contributed by atoms with van der Waals surface area (Å²) < 4.78 is 13.0. The van der Waals surface area contributed by atoms with Gasteiger partial charge in [-0.2, -0.15) is 0 Å². The molecule has 0 saturated heterocycles. The SMILES string of the molecule is CCc1nc(-c2ccc(C)cc2OC)sc1CC(=O)OCc1ccc2c(c1)ncn2C. The molecular formula is C24H25N3O3S. The van der Waals surface area contributed by atoms with Crippen LogP contribution in [-0.2, 0) is 36.0 Å². The fourth-order valence-corrected chi connectivity index (χ4v) is 4.67. The molecule has 0 aliphatic rings. The zero-order valence-corrected chi connectivity index (χ0v) is 19.0. The fraction of sp³-hybridized carbons (Fsp3) is 0.292. The third-order valence-corrected chi connectivity index (χ3v) is 6.33. The van der Waals surface area contributed by atoms with Crippen molar-refractivity contribution in [3.63, 3.8) is 0 Å². The molecule has 4 rings (SSSR count). The molecule has 0 saturated carbocycles. The van der Waals surface area contributed by atoms with Crippen molar-refractivity contribution in [2.45, 2.75) is 33.3 Å². The molecule has 160 valence electrons. The lowest BCUT2D eigenvalue weighted by Gasteiger charge is -2.06. The summed E-state index contributed by atoms with van der Waals surface area (Å²) in [5.74, 6) is 0.525. The van der Waals surface area contributed by atoms with Crippen molar-refractivity contribution in [1.29, 1.82) is 0 Å². The summed E-state index contributed by atoms with van der Waals surface area (Å²) >= 11 is 1.52. The number of hydrogen-bond donors (Lipinski definition) is 0. The summed E-state index contributed by atoms with van der Waals surface area (Å²) in [6, 6.07) is 12.0. The minimum Gasteiger partial charge on any atom is -0.496 e. The van der Waals surface area contributed by atoms with Crippen molar-refractivity contribution in [3.05, 3.63) is 64.4 Å². The van der Waals surface area contributed by atoms with E-state index < -0.39 is 0 Å². The predicted octanol–water partition coefficient (Wildman–Crippen LogP) is 4.86. The minimum atomic E-state index is -0.262. The Labute approximate surface area is 185 Å². The number of fused-ring (bicyclic) bond motifs is 1. The minimum absolute atomic E-state index is 0.209. The summed E-state index contributed by atoms with van der Waals surface area (Å²) in [4.78, 5) is 22.6. The first kappa shape index (κ1) is 21.1. The zero-order valence-electron chi connectivity index (χ0n) is 18.1. The van der Waals surface area contributed by atoms with Gasteiger partial charge in [0.15, 0.2) is 0 Å². The van der Waals surface area contributed by atoms with E-state index in [0.29, 0.717) is 0 Å². The highest BCUT2D eigenvalue weighted by Crippen LogP contribution is 2.35. The molecule has 2 aromatic carbocycles. The fourth-order valence-electron chi connectivity index (χ4n) is 3.51. The number of rotatable bonds is 7. The average molecular weight is 436 g/mol. The van der Waals surface area contributed by atoms with Gasteiger partial charge in [-0.15, -0.1) is 11.3 Å². The van der Waals surface area contributed by atoms with Crippen molar-refractivity contribution < 1.29 is 14.3 Å². The highest BCUT2D eigenvalue weighted by molar-refractivity contribution is 7.15. The number of esters is 1. The summed E-state index contributed by atoms with van der Waals surface area (Å²) in [7, 11) is 3.61. The second-order valence-electron chi connectivity index (χ2n) is 7.46. The maximum Gasteiger partial charge on any atom is 0.311 e. The summed E-state index contributed by atoms with van der Waals surface area (Å²) in [5.41, 5.74) is 5.85. The van der Waals surface area contributed by atoms with E-state index in [1.54, 1.807) is 13.4 Å². The number of benzene rings is 2. The Kier molecular flexibility index (Phi) is 6.04. The summed E-state index contributed by atoms with van der Waals surface area (Å²) in [6.07, 6.45) is 2.74. The number of aryl methyl sites for hydroxylation is 3. The van der Waals surface area contributed by atoms with E-state index in [2.05, 4.69) is 4.98 Å². The van der Waals surface area contributed by atoms with E-state index in [1.807, 2.05) is 61.9 Å². The van der Waals surface area contributed by atoms with E-state index in [1.165, 1.54) is 11.3 Å². The zero-order chi connectivity index (χ0) is 22.0. The quantitative estimate of drug-likeness (QED) is 0.388. The number of nitrogens with zero attached hydrogens (tertiary/aromatic N) is 3. The molecule has 0 spiro atoms. The Bertz CT molecular complexity index is 1240. The topological polar surface area (TPSA) is 66.2 Å². The molecule has 4 aromatic rings. The standard InChI is InChI=1S/C24H25N3O3S/c1-5-18-22(31-24(26-18)17-8-6-15(2)10-21(17)29-4)12-23(28)30-13-16-7-9-20-19(11-16)25-14-27(20)3/h6-11,14H,5,12-13H2,1-4H3. The molecule has 2 heterocycles. The number of methoxy groups -OCH3 is 1. The van der Waals surface area contributed by atoms with Gasteiger partial charge in [-0.1, -0.05) is 19.1 Å². The number of carbonyl (C=O) groups is 1. The maximum absolute atomic E-state index is 12.5. The van der Waals surface area contributed by atoms with E-state index in [0.717, 1.165) is 55.5 Å². The second-order valence-corrected chi connectivity index (χ2v) is 8.55. The molecule has 0 aliphatic carbocycles. The first-order valence-corrected chi connectivity index (χ1v) is 11.0. The lowest BCUT2D eigenvalue weighted by molar-refractivity contribution is -0.144. The highest BCUT2D eigenvalue weighted by atomic mass is 32.1. The van der Waals surface area contributed by atoms with Crippen LogP contribution in [0.3, 0.4) is 0 Å². The Hall–Kier alpha value is -3.19. The Balaban J connectivity index is 1.47. The first-order chi connectivity index (χ1) is 15.0. The van der Waals surface area contributed by atoms with Gasteiger partial charge in [-0.3, -0.25) is 4.79 Å². The van der Waals surface area contributed by atoms with Gasteiger partial charge in [0.05, 0.1) is 42.1 Å². The van der Waals surface area contributed by atoms with Gasteiger partial charge in [-0.05, 0) is 48.7 Å². The number of carbonyl (C=O) groups excluding carboxylic acids is 1. The molecule has 0 amide bonds. The lowest BCUT2D eigenvalue weighted by atomic mass is 10.1. The van der Waals surface area contributed by atoms with Gasteiger partial charge in [0.2, 0.25) is 0 Å². The molecule has 0 aliphatic heterocycles. The van der Waals surface area contributed by atoms with Crippen LogP contribution in [0.1, 0.15) is 28.6 Å². The molecule has 0 bridgehead atoms. The van der Waals surface area contributed by atoms with Crippen LogP contribution in [0.4, 0.5) is 0 Å². The molecule has 2 aromatic heterocycles. The van der Waals surface area contributed by atoms with Crippen LogP contribution >= 0.6 is 11.3 Å². The number of hydrogen-bond acceptors (Lipinski definition) is 6. The van der Waals surface area contributed by atoms with Crippen LogP contribution in [-0.4, -0.2) is 27.6 Å². The Morgan fingerprint density at radius 2 is 2.03 bits per heavy atom. The van der Waals surface area contributed by atoms with Gasteiger partial charge in [0.25, 0.3) is 0 Å². The van der Waals surface area contributed by atoms with Gasteiger partial charge < -0.3 is 14.0 Å². The average Bonchev–Trinajstić information content (AvgIpc) is 3.35. The molecule has 0 radical (unpaired) electrons. The van der Waals surface area contributed by atoms with Gasteiger partial charge in [0, 0.05) is 11.9 Å². The van der Waals surface area contributed by atoms with E-state index in [4.69, 9.17) is 14.5 Å². The number of imidazole rings is 1. The molecule has 7 heteroatoms. The molecule has 0 fully saturated rings. The van der Waals surface area contributed by atoms with Crippen LogP contribution in [0.15, 0.2) is 42.7 Å². The Morgan fingerprint density at radius 3 is 2.81 bits per heavy atom. The molecular weight excluding hydrogens is 410 g/mol. The second kappa shape index (κ2) is 8.89. The number of ether oxygens (including phenoxy) is 2. The third kappa shape index (κ3) is 4.46. The van der Waals surface area contributed by atoms with Crippen LogP contribution in [0, 0.1) is 6.92 Å². The van der Waals surface area contributed by atoms with Crippen molar-refractivity contribution in [3.8, 4) is 16.3 Å². The number of aromatic nitrogens is 3. The van der Waals surface area contributed by atoms with Crippen LogP contribution < -0.4 is 4.74 Å². The predicted molar refractivity (Wildman–Crippen MR) is 122 cm³/mol. The van der Waals surface area contributed by atoms with E-state index in [9.17, 15) is 4.79 Å². The maximum atomic E-state index is 12.5. The van der Waals surface area contributed by atoms with Crippen LogP contribution in [0.2, 0.25) is 0 Å². The van der Waals surface area contributed by atoms with Crippen molar-refractivity contribution >= 4 is 28.3 Å². The van der Waals surface area contributed by atoms with Crippen LogP contribution in [0.5, 0.6) is 5.75 Å². The molecule has 31 heavy (non-hydrogen) atoms. The van der Waals surface area contributed by atoms with Crippen molar-refractivity contribution in [1.82, 2.24) is 14.5 Å². The normalized spacial score (nSPS) is 11.1. The molecule has 0 atom stereocenters. The third-order valence-electron chi connectivity index (χ3n) is 5.20. The Morgan fingerprint density at radius 1 is 1.19 bits per heavy atom. The summed E-state index contributed by atoms with van der Waals surface area (Å²) in [5, 5.41) is 0.858. The van der Waals surface area contributed by atoms with Crippen molar-refractivity contribution in [2.24, 2.45) is 7.05 Å². The number of thiazole rings is 1. The van der Waals surface area contributed by atoms with Crippen molar-refractivity contribution in [2.75, 3.05) is 7.11 Å². The molecule has 6 nitrogen and oxygen atoms in total. The van der Waals surface area contributed by atoms with Crippen LogP contribution in [0.25, 0.3) is 21.6 Å². The van der Waals surface area contributed by atoms with Gasteiger partial charge in [-0.25, -0.2) is 9.97 Å². The van der Waals surface area contributed by atoms with E-state index in [-0.39, 0.29) is 19.0 Å². The largest absolute Gasteiger partial charge is 0.496 e. The monoisotopic (exact) mass is 435 g/mol. The summed E-state index contributed by atoms with van der Waals surface area (Å²) in [6.45, 7) is 4.30. The van der Waals surface area contributed by atoms with Gasteiger partial charge >= 0.3 is 5.97 Å². The molecule has 0 N–H and O–H groups in total. The van der Waals surface area contributed by atoms with Gasteiger partial charge in [0.1, 0.15) is 17.4 Å². The first-order valence-electron chi connectivity index (χ1n) is 10.2. The van der Waals surface area contributed by atoms with E-state index >= 15 is 0 Å². The molecule has 0 unspecified atom stereocenters. The lowest BCUT2D eigenvalue weighted by Crippen LogP contribution is -2.08. The smallest absolute Gasteiger partial charge is 0.311 e. The highest BCUT2D eigenvalue weighted by Gasteiger charge is 2.18.